The standard InChI is InChI=1S/C20H19O3/c1-14-11-16-12-19(21-2)20(22-3)13-17(16)18(23-14)10-9-15-7-5-4-6-8-15/h4-13H,1-3H3/q+1/b10-9+. The van der Waals surface area contributed by atoms with Crippen LogP contribution in [0.15, 0.2) is 52.9 Å². The Kier molecular flexibility index (Phi) is 4.29. The van der Waals surface area contributed by atoms with Crippen molar-refractivity contribution in [3.8, 4) is 11.5 Å². The van der Waals surface area contributed by atoms with Crippen LogP contribution in [-0.4, -0.2) is 14.2 Å². The molecule has 2 aromatic carbocycles. The first-order valence-electron chi connectivity index (χ1n) is 7.44. The maximum atomic E-state index is 5.90. The summed E-state index contributed by atoms with van der Waals surface area (Å²) in [5.41, 5.74) is 1.12. The lowest BCUT2D eigenvalue weighted by Crippen LogP contribution is -1.92. The molecule has 0 aliphatic heterocycles. The first kappa shape index (κ1) is 15.1. The van der Waals surface area contributed by atoms with Crippen LogP contribution in [0.4, 0.5) is 0 Å². The van der Waals surface area contributed by atoms with E-state index < -0.39 is 0 Å². The molecule has 3 nitrogen and oxygen atoms in total. The third kappa shape index (κ3) is 3.19. The minimum absolute atomic E-state index is 0.688. The molecule has 3 rings (SSSR count). The molecule has 3 heteroatoms. The third-order valence-corrected chi connectivity index (χ3v) is 3.68. The van der Waals surface area contributed by atoms with Crippen LogP contribution in [0.3, 0.4) is 0 Å². The van der Waals surface area contributed by atoms with E-state index in [2.05, 4.69) is 12.1 Å². The molecule has 0 saturated carbocycles. The van der Waals surface area contributed by atoms with Gasteiger partial charge >= 0.3 is 11.5 Å². The zero-order chi connectivity index (χ0) is 16.2. The Bertz CT molecular complexity index is 852. The molecule has 0 atom stereocenters. The summed E-state index contributed by atoms with van der Waals surface area (Å²) in [7, 11) is 3.27. The van der Waals surface area contributed by atoms with Crippen molar-refractivity contribution in [1.29, 1.82) is 0 Å². The number of rotatable bonds is 4. The van der Waals surface area contributed by atoms with Crippen LogP contribution in [-0.2, 0) is 0 Å². The summed E-state index contributed by atoms with van der Waals surface area (Å²) < 4.78 is 16.7. The Labute approximate surface area is 135 Å². The largest absolute Gasteiger partial charge is 0.493 e. The fourth-order valence-corrected chi connectivity index (χ4v) is 2.56. The topological polar surface area (TPSA) is 29.8 Å². The van der Waals surface area contributed by atoms with E-state index in [4.69, 9.17) is 13.9 Å². The Morgan fingerprint density at radius 2 is 1.57 bits per heavy atom. The molecule has 0 aliphatic rings. The van der Waals surface area contributed by atoms with E-state index >= 15 is 0 Å². The van der Waals surface area contributed by atoms with Crippen LogP contribution in [0.2, 0.25) is 0 Å². The van der Waals surface area contributed by atoms with Crippen LogP contribution in [0.5, 0.6) is 11.5 Å². The highest BCUT2D eigenvalue weighted by molar-refractivity contribution is 5.93. The first-order valence-corrected chi connectivity index (χ1v) is 7.44. The van der Waals surface area contributed by atoms with E-state index in [0.717, 1.165) is 27.9 Å². The number of fused-ring (bicyclic) bond motifs is 1. The quantitative estimate of drug-likeness (QED) is 0.620. The average molecular weight is 307 g/mol. The highest BCUT2D eigenvalue weighted by Gasteiger charge is 2.17. The molecule has 23 heavy (non-hydrogen) atoms. The summed E-state index contributed by atoms with van der Waals surface area (Å²) in [6.07, 6.45) is 4.02. The molecule has 0 radical (unpaired) electrons. The Morgan fingerprint density at radius 3 is 2.26 bits per heavy atom. The third-order valence-electron chi connectivity index (χ3n) is 3.68. The van der Waals surface area contributed by atoms with Crippen molar-refractivity contribution >= 4 is 22.9 Å². The average Bonchev–Trinajstić information content (AvgIpc) is 2.59. The molecule has 0 bridgehead atoms. The molecule has 1 heterocycles. The van der Waals surface area contributed by atoms with Crippen molar-refractivity contribution in [1.82, 2.24) is 0 Å². The zero-order valence-corrected chi connectivity index (χ0v) is 13.5. The zero-order valence-electron chi connectivity index (χ0n) is 13.5. The lowest BCUT2D eigenvalue weighted by molar-refractivity contribution is 0.355. The maximum absolute atomic E-state index is 5.90. The van der Waals surface area contributed by atoms with Crippen LogP contribution in [0, 0.1) is 6.92 Å². The highest BCUT2D eigenvalue weighted by atomic mass is 16.5. The molecule has 0 amide bonds. The van der Waals surface area contributed by atoms with E-state index in [0.29, 0.717) is 11.5 Å². The summed E-state index contributed by atoms with van der Waals surface area (Å²) in [5, 5.41) is 2.04. The number of benzene rings is 2. The molecule has 116 valence electrons. The smallest absolute Gasteiger partial charge is 0.360 e. The first-order chi connectivity index (χ1) is 11.2. The predicted molar refractivity (Wildman–Crippen MR) is 93.8 cm³/mol. The lowest BCUT2D eigenvalue weighted by atomic mass is 10.1. The molecule has 0 N–H and O–H groups in total. The summed E-state index contributed by atoms with van der Waals surface area (Å²) in [4.78, 5) is 0. The number of methoxy groups -OCH3 is 2. The molecule has 1 aromatic heterocycles. The van der Waals surface area contributed by atoms with Crippen LogP contribution < -0.4 is 9.47 Å². The van der Waals surface area contributed by atoms with Crippen molar-refractivity contribution < 1.29 is 13.9 Å². The van der Waals surface area contributed by atoms with Crippen LogP contribution in [0.25, 0.3) is 22.9 Å². The van der Waals surface area contributed by atoms with Gasteiger partial charge in [-0.1, -0.05) is 30.3 Å². The van der Waals surface area contributed by atoms with Gasteiger partial charge in [0, 0.05) is 23.6 Å². The molecule has 0 aliphatic carbocycles. The molecular formula is C20H19O3+. The summed E-state index contributed by atoms with van der Waals surface area (Å²) in [6.45, 7) is 1.94. The molecular weight excluding hydrogens is 288 g/mol. The van der Waals surface area contributed by atoms with Crippen molar-refractivity contribution in [3.05, 3.63) is 65.6 Å². The van der Waals surface area contributed by atoms with E-state index in [-0.39, 0.29) is 0 Å². The van der Waals surface area contributed by atoms with E-state index in [1.807, 2.05) is 55.5 Å². The van der Waals surface area contributed by atoms with Gasteiger partial charge in [-0.25, -0.2) is 4.42 Å². The molecule has 0 spiro atoms. The second-order valence-electron chi connectivity index (χ2n) is 5.26. The minimum atomic E-state index is 0.688. The number of hydrogen-bond acceptors (Lipinski definition) is 2. The monoisotopic (exact) mass is 307 g/mol. The lowest BCUT2D eigenvalue weighted by Gasteiger charge is -2.08. The highest BCUT2D eigenvalue weighted by Crippen LogP contribution is 2.34. The van der Waals surface area contributed by atoms with Gasteiger partial charge in [0.2, 0.25) is 0 Å². The van der Waals surface area contributed by atoms with Gasteiger partial charge in [0.15, 0.2) is 11.5 Å². The molecule has 0 unspecified atom stereocenters. The van der Waals surface area contributed by atoms with E-state index in [9.17, 15) is 0 Å². The Hall–Kier alpha value is -2.81. The summed E-state index contributed by atoms with van der Waals surface area (Å²) in [6, 6.07) is 16.0. The SMILES string of the molecule is COc1cc2cc(C)[o+]c(/C=C/c3ccccc3)c2cc1OC. The predicted octanol–water partition coefficient (Wildman–Crippen LogP) is 5.21. The fourth-order valence-electron chi connectivity index (χ4n) is 2.56. The Balaban J connectivity index is 2.14. The van der Waals surface area contributed by atoms with E-state index in [1.54, 1.807) is 14.2 Å². The van der Waals surface area contributed by atoms with Gasteiger partial charge in [-0.15, -0.1) is 0 Å². The van der Waals surface area contributed by atoms with E-state index in [1.165, 1.54) is 0 Å². The summed E-state index contributed by atoms with van der Waals surface area (Å²) in [5.74, 6) is 3.04. The number of ether oxygens (including phenoxy) is 2. The van der Waals surface area contributed by atoms with Crippen LogP contribution in [0.1, 0.15) is 17.1 Å². The number of hydrogen-bond donors (Lipinski definition) is 0. The van der Waals surface area contributed by atoms with Gasteiger partial charge in [-0.2, -0.15) is 0 Å². The molecule has 3 aromatic rings. The normalized spacial score (nSPS) is 11.1. The molecule has 0 fully saturated rings. The van der Waals surface area contributed by atoms with Gasteiger partial charge in [0.1, 0.15) is 0 Å². The van der Waals surface area contributed by atoms with Crippen molar-refractivity contribution in [3.63, 3.8) is 0 Å². The Morgan fingerprint density at radius 1 is 0.870 bits per heavy atom. The number of aryl methyl sites for hydroxylation is 1. The van der Waals surface area contributed by atoms with Crippen molar-refractivity contribution in [2.24, 2.45) is 0 Å². The van der Waals surface area contributed by atoms with Crippen LogP contribution >= 0.6 is 0 Å². The second kappa shape index (κ2) is 6.53. The summed E-state index contributed by atoms with van der Waals surface area (Å²) >= 11 is 0. The minimum Gasteiger partial charge on any atom is -0.493 e. The van der Waals surface area contributed by atoms with Gasteiger partial charge < -0.3 is 9.47 Å². The second-order valence-corrected chi connectivity index (χ2v) is 5.26. The van der Waals surface area contributed by atoms with Crippen molar-refractivity contribution in [2.75, 3.05) is 14.2 Å². The maximum Gasteiger partial charge on any atom is 0.360 e. The van der Waals surface area contributed by atoms with Gasteiger partial charge in [-0.3, -0.25) is 0 Å². The van der Waals surface area contributed by atoms with Gasteiger partial charge in [0.05, 0.1) is 26.5 Å². The van der Waals surface area contributed by atoms with Crippen molar-refractivity contribution in [2.45, 2.75) is 6.92 Å². The van der Waals surface area contributed by atoms with Gasteiger partial charge in [-0.05, 0) is 17.7 Å². The molecule has 0 saturated heterocycles. The van der Waals surface area contributed by atoms with Gasteiger partial charge in [0.25, 0.3) is 0 Å². The fraction of sp³-hybridized carbons (Fsp3) is 0.150.